The molecule has 3 heterocycles. The number of aryl methyl sites for hydroxylation is 2. The van der Waals surface area contributed by atoms with Gasteiger partial charge in [-0.05, 0) is 31.5 Å². The molecule has 7 heteroatoms. The van der Waals surface area contributed by atoms with Crippen molar-refractivity contribution >= 4 is 5.91 Å². The maximum Gasteiger partial charge on any atom is 0.272 e. The number of furan rings is 1. The fraction of sp³-hybridized carbons (Fsp3) is 0.312. The quantitative estimate of drug-likeness (QED) is 0.757. The zero-order valence-corrected chi connectivity index (χ0v) is 13.3. The average Bonchev–Trinajstić information content (AvgIpc) is 3.25. The summed E-state index contributed by atoms with van der Waals surface area (Å²) in [5.74, 6) is 1.24. The van der Waals surface area contributed by atoms with Crippen molar-refractivity contribution in [2.45, 2.75) is 26.3 Å². The number of carbonyl (C=O) groups excluding carboxylic acids is 1. The van der Waals surface area contributed by atoms with E-state index in [1.165, 1.54) is 0 Å². The summed E-state index contributed by atoms with van der Waals surface area (Å²) in [5, 5.41) is 14.0. The van der Waals surface area contributed by atoms with E-state index in [0.717, 1.165) is 17.9 Å². The molecule has 1 atom stereocenters. The molecule has 0 bridgehead atoms. The maximum absolute atomic E-state index is 12.4. The minimum absolute atomic E-state index is 0.110. The van der Waals surface area contributed by atoms with Gasteiger partial charge in [0.15, 0.2) is 11.5 Å². The summed E-state index contributed by atoms with van der Waals surface area (Å²) in [5.41, 5.74) is 1.96. The monoisotopic (exact) mass is 313 g/mol. The highest BCUT2D eigenvalue weighted by Crippen LogP contribution is 2.21. The molecular weight excluding hydrogens is 294 g/mol. The Hall–Kier alpha value is -2.83. The van der Waals surface area contributed by atoms with Gasteiger partial charge in [-0.1, -0.05) is 6.92 Å². The Morgan fingerprint density at radius 1 is 1.43 bits per heavy atom. The molecule has 0 fully saturated rings. The number of hydrogen-bond donors (Lipinski definition) is 2. The van der Waals surface area contributed by atoms with Crippen molar-refractivity contribution in [1.82, 2.24) is 25.3 Å². The molecular formula is C16H19N5O2. The lowest BCUT2D eigenvalue weighted by Crippen LogP contribution is -2.29. The minimum atomic E-state index is -0.233. The first-order valence-electron chi connectivity index (χ1n) is 7.49. The van der Waals surface area contributed by atoms with Gasteiger partial charge in [-0.2, -0.15) is 10.2 Å². The molecule has 0 aromatic carbocycles. The van der Waals surface area contributed by atoms with E-state index >= 15 is 0 Å². The first-order valence-corrected chi connectivity index (χ1v) is 7.49. The summed E-state index contributed by atoms with van der Waals surface area (Å²) in [6.07, 6.45) is 2.48. The fourth-order valence-electron chi connectivity index (χ4n) is 2.49. The first-order chi connectivity index (χ1) is 11.1. The van der Waals surface area contributed by atoms with Gasteiger partial charge in [-0.15, -0.1) is 0 Å². The smallest absolute Gasteiger partial charge is 0.272 e. The van der Waals surface area contributed by atoms with Crippen molar-refractivity contribution in [3.05, 3.63) is 47.6 Å². The van der Waals surface area contributed by atoms with Crippen molar-refractivity contribution in [2.75, 3.05) is 0 Å². The molecule has 120 valence electrons. The maximum atomic E-state index is 12.4. The van der Waals surface area contributed by atoms with Gasteiger partial charge in [0.25, 0.3) is 5.91 Å². The van der Waals surface area contributed by atoms with Gasteiger partial charge in [0, 0.05) is 19.3 Å². The number of H-pyrrole nitrogens is 1. The van der Waals surface area contributed by atoms with Crippen molar-refractivity contribution in [3.8, 4) is 11.5 Å². The summed E-state index contributed by atoms with van der Waals surface area (Å²) in [6.45, 7) is 3.88. The van der Waals surface area contributed by atoms with Crippen molar-refractivity contribution in [3.63, 3.8) is 0 Å². The number of rotatable bonds is 5. The Bertz CT molecular complexity index is 814. The number of amides is 1. The Balaban J connectivity index is 1.76. The van der Waals surface area contributed by atoms with Crippen LogP contribution in [0.15, 0.2) is 34.9 Å². The van der Waals surface area contributed by atoms with Crippen LogP contribution in [0.3, 0.4) is 0 Å². The molecule has 0 aliphatic rings. The number of nitrogens with zero attached hydrogens (tertiary/aromatic N) is 3. The molecule has 7 nitrogen and oxygen atoms in total. The van der Waals surface area contributed by atoms with E-state index in [4.69, 9.17) is 4.42 Å². The van der Waals surface area contributed by atoms with E-state index in [2.05, 4.69) is 20.6 Å². The molecule has 0 saturated carbocycles. The van der Waals surface area contributed by atoms with E-state index in [0.29, 0.717) is 17.1 Å². The Morgan fingerprint density at radius 2 is 2.26 bits per heavy atom. The van der Waals surface area contributed by atoms with Crippen LogP contribution < -0.4 is 5.32 Å². The molecule has 0 radical (unpaired) electrons. The third-order valence-electron chi connectivity index (χ3n) is 3.75. The molecule has 0 spiro atoms. The second kappa shape index (κ2) is 6.12. The molecule has 3 rings (SSSR count). The molecule has 23 heavy (non-hydrogen) atoms. The van der Waals surface area contributed by atoms with Crippen LogP contribution in [0.2, 0.25) is 0 Å². The second-order valence-electron chi connectivity index (χ2n) is 5.39. The number of nitrogens with one attached hydrogen (secondary N) is 2. The molecule has 1 amide bonds. The van der Waals surface area contributed by atoms with E-state index in [1.807, 2.05) is 39.1 Å². The lowest BCUT2D eigenvalue weighted by atomic mass is 10.1. The highest BCUT2D eigenvalue weighted by Gasteiger charge is 2.19. The van der Waals surface area contributed by atoms with Gasteiger partial charge >= 0.3 is 0 Å². The number of carbonyl (C=O) groups is 1. The lowest BCUT2D eigenvalue weighted by Gasteiger charge is -2.16. The number of aromatic amines is 1. The van der Waals surface area contributed by atoms with Crippen LogP contribution in [-0.2, 0) is 7.05 Å². The molecule has 0 aliphatic carbocycles. The Morgan fingerprint density at radius 3 is 2.87 bits per heavy atom. The van der Waals surface area contributed by atoms with E-state index in [1.54, 1.807) is 16.9 Å². The Kier molecular flexibility index (Phi) is 4.01. The highest BCUT2D eigenvalue weighted by atomic mass is 16.3. The lowest BCUT2D eigenvalue weighted by molar-refractivity contribution is 0.0929. The van der Waals surface area contributed by atoms with Crippen molar-refractivity contribution in [2.24, 2.45) is 7.05 Å². The molecule has 0 aliphatic heterocycles. The second-order valence-corrected chi connectivity index (χ2v) is 5.39. The number of aromatic nitrogens is 4. The summed E-state index contributed by atoms with van der Waals surface area (Å²) in [4.78, 5) is 12.4. The van der Waals surface area contributed by atoms with Crippen LogP contribution in [0.4, 0.5) is 0 Å². The SMILES string of the molecule is CCC(NC(=O)c1cc(-c2ccc(C)o2)[nH]n1)c1ccnn1C. The standard InChI is InChI=1S/C16H19N5O2/c1-4-11(14-7-8-17-21(14)3)18-16(22)13-9-12(19-20-13)15-6-5-10(2)23-15/h5-9,11H,4H2,1-3H3,(H,18,22)(H,19,20). The third-order valence-corrected chi connectivity index (χ3v) is 3.75. The fourth-order valence-corrected chi connectivity index (χ4v) is 2.49. The van der Waals surface area contributed by atoms with Crippen LogP contribution in [0.25, 0.3) is 11.5 Å². The third kappa shape index (κ3) is 3.03. The van der Waals surface area contributed by atoms with Crippen LogP contribution in [-0.4, -0.2) is 25.9 Å². The summed E-state index contributed by atoms with van der Waals surface area (Å²) < 4.78 is 7.28. The number of hydrogen-bond acceptors (Lipinski definition) is 4. The van der Waals surface area contributed by atoms with Crippen LogP contribution in [0, 0.1) is 6.92 Å². The molecule has 2 N–H and O–H groups in total. The zero-order chi connectivity index (χ0) is 16.4. The average molecular weight is 313 g/mol. The topological polar surface area (TPSA) is 88.7 Å². The van der Waals surface area contributed by atoms with E-state index in [9.17, 15) is 4.79 Å². The molecule has 3 aromatic rings. The normalized spacial score (nSPS) is 12.3. The molecule has 1 unspecified atom stereocenters. The largest absolute Gasteiger partial charge is 0.460 e. The van der Waals surface area contributed by atoms with Crippen molar-refractivity contribution in [1.29, 1.82) is 0 Å². The minimum Gasteiger partial charge on any atom is -0.460 e. The molecule has 3 aromatic heterocycles. The molecule has 0 saturated heterocycles. The van der Waals surface area contributed by atoms with Crippen LogP contribution in [0.1, 0.15) is 41.3 Å². The van der Waals surface area contributed by atoms with Gasteiger partial charge < -0.3 is 9.73 Å². The van der Waals surface area contributed by atoms with Gasteiger partial charge in [0.1, 0.15) is 11.5 Å². The predicted octanol–water partition coefficient (Wildman–Crippen LogP) is 2.59. The zero-order valence-electron chi connectivity index (χ0n) is 13.3. The summed E-state index contributed by atoms with van der Waals surface area (Å²) in [7, 11) is 1.86. The van der Waals surface area contributed by atoms with E-state index in [-0.39, 0.29) is 11.9 Å². The first kappa shape index (κ1) is 15.1. The van der Waals surface area contributed by atoms with Crippen molar-refractivity contribution < 1.29 is 9.21 Å². The summed E-state index contributed by atoms with van der Waals surface area (Å²) >= 11 is 0. The van der Waals surface area contributed by atoms with E-state index < -0.39 is 0 Å². The predicted molar refractivity (Wildman–Crippen MR) is 84.7 cm³/mol. The van der Waals surface area contributed by atoms with Crippen LogP contribution >= 0.6 is 0 Å². The van der Waals surface area contributed by atoms with Gasteiger partial charge in [0.05, 0.1) is 11.7 Å². The summed E-state index contributed by atoms with van der Waals surface area (Å²) in [6, 6.07) is 7.18. The van der Waals surface area contributed by atoms with Gasteiger partial charge in [-0.25, -0.2) is 0 Å². The highest BCUT2D eigenvalue weighted by molar-refractivity contribution is 5.93. The van der Waals surface area contributed by atoms with Gasteiger partial charge in [0.2, 0.25) is 0 Å². The van der Waals surface area contributed by atoms with Gasteiger partial charge in [-0.3, -0.25) is 14.6 Å². The van der Waals surface area contributed by atoms with Crippen LogP contribution in [0.5, 0.6) is 0 Å². The Labute approximate surface area is 133 Å².